The average Bonchev–Trinajstić information content (AvgIpc) is 3.07. The van der Waals surface area contributed by atoms with Crippen molar-refractivity contribution in [3.63, 3.8) is 0 Å². The van der Waals surface area contributed by atoms with Crippen LogP contribution in [0.25, 0.3) is 22.3 Å². The molecule has 0 fully saturated rings. The molecule has 0 spiro atoms. The van der Waals surface area contributed by atoms with E-state index in [1.807, 2.05) is 12.1 Å². The number of rotatable bonds is 2. The lowest BCUT2D eigenvalue weighted by Crippen LogP contribution is -2.51. The number of benzene rings is 1. The monoisotopic (exact) mass is 492 g/mol. The number of phenols is 1. The number of cyclic esters (lactones) is 1. The Hall–Kier alpha value is -2.97. The van der Waals surface area contributed by atoms with Crippen LogP contribution in [0.5, 0.6) is 5.75 Å². The summed E-state index contributed by atoms with van der Waals surface area (Å²) < 4.78 is 6.99. The summed E-state index contributed by atoms with van der Waals surface area (Å²) in [5.41, 5.74) is 2.21. The fraction of sp³-hybridized carbons (Fsp3) is 0.444. The molecule has 5 rings (SSSR count). The predicted molar refractivity (Wildman–Crippen MR) is 138 cm³/mol. The van der Waals surface area contributed by atoms with Gasteiger partial charge in [-0.1, -0.05) is 40.8 Å². The summed E-state index contributed by atoms with van der Waals surface area (Å²) in [6, 6.07) is 7.08. The van der Waals surface area contributed by atoms with Gasteiger partial charge in [-0.2, -0.15) is 0 Å². The summed E-state index contributed by atoms with van der Waals surface area (Å²) in [4.78, 5) is 30.9. The summed E-state index contributed by atoms with van der Waals surface area (Å²) in [5.74, 6) is -0.326. The molecule has 7 nitrogen and oxygen atoms in total. The minimum Gasteiger partial charge on any atom is -0.508 e. The Bertz CT molecular complexity index is 1470. The molecule has 1 aromatic carbocycles. The summed E-state index contributed by atoms with van der Waals surface area (Å²) >= 11 is 0. The number of hydrogen-bond acceptors (Lipinski definition) is 6. The number of aromatic nitrogens is 2. The zero-order chi connectivity index (χ0) is 25.5. The van der Waals surface area contributed by atoms with Crippen LogP contribution in [0.15, 0.2) is 29.1 Å². The Balaban J connectivity index is 1.87. The number of phenolic OH excluding ortho intramolecular Hbond substituents is 1. The smallest absolute Gasteiger partial charge is 0.309 e. The second-order valence-corrected chi connectivity index (χ2v) is 16.7. The van der Waals surface area contributed by atoms with Crippen LogP contribution in [0.1, 0.15) is 57.2 Å². The van der Waals surface area contributed by atoms with Crippen molar-refractivity contribution >= 4 is 30.1 Å². The van der Waals surface area contributed by atoms with Crippen molar-refractivity contribution in [2.45, 2.75) is 77.4 Å². The molecule has 8 heteroatoms. The second-order valence-electron chi connectivity index (χ2n) is 11.4. The van der Waals surface area contributed by atoms with Gasteiger partial charge in [0.05, 0.1) is 43.5 Å². The van der Waals surface area contributed by atoms with Crippen LogP contribution in [0, 0.1) is 0 Å². The molecular formula is C27H32N2O5Si. The summed E-state index contributed by atoms with van der Waals surface area (Å²) in [5, 5.41) is 23.8. The number of carbonyl (C=O) groups is 1. The highest BCUT2D eigenvalue weighted by molar-refractivity contribution is 6.94. The topological polar surface area (TPSA) is 102 Å². The van der Waals surface area contributed by atoms with Crippen LogP contribution in [-0.2, 0) is 28.3 Å². The Morgan fingerprint density at radius 1 is 1.17 bits per heavy atom. The van der Waals surface area contributed by atoms with Crippen molar-refractivity contribution < 1.29 is 19.7 Å². The quantitative estimate of drug-likeness (QED) is 0.325. The molecule has 2 aliphatic rings. The zero-order valence-corrected chi connectivity index (χ0v) is 22.2. The number of aliphatic hydroxyl groups is 1. The van der Waals surface area contributed by atoms with E-state index in [1.54, 1.807) is 23.6 Å². The van der Waals surface area contributed by atoms with Gasteiger partial charge in [0.1, 0.15) is 18.0 Å². The maximum absolute atomic E-state index is 13.7. The van der Waals surface area contributed by atoms with E-state index >= 15 is 0 Å². The van der Waals surface area contributed by atoms with E-state index in [0.717, 1.165) is 22.2 Å². The first-order valence-electron chi connectivity index (χ1n) is 12.1. The molecule has 0 aliphatic carbocycles. The molecule has 35 heavy (non-hydrogen) atoms. The Morgan fingerprint density at radius 2 is 1.89 bits per heavy atom. The third-order valence-corrected chi connectivity index (χ3v) is 14.0. The molecule has 0 amide bonds. The van der Waals surface area contributed by atoms with Gasteiger partial charge in [0.2, 0.25) is 0 Å². The maximum Gasteiger partial charge on any atom is 0.309 e. The van der Waals surface area contributed by atoms with E-state index in [1.165, 1.54) is 5.19 Å². The normalized spacial score (nSPS) is 19.7. The van der Waals surface area contributed by atoms with Gasteiger partial charge in [-0.25, -0.2) is 4.98 Å². The summed E-state index contributed by atoms with van der Waals surface area (Å²) in [7, 11) is -2.15. The van der Waals surface area contributed by atoms with Crippen molar-refractivity contribution in [2.75, 3.05) is 0 Å². The highest BCUT2D eigenvalue weighted by Gasteiger charge is 2.44. The minimum absolute atomic E-state index is 0.00801. The van der Waals surface area contributed by atoms with E-state index in [4.69, 9.17) is 9.72 Å². The summed E-state index contributed by atoms with van der Waals surface area (Å²) in [6.07, 6.45) is 0.0936. The molecule has 0 bridgehead atoms. The zero-order valence-electron chi connectivity index (χ0n) is 21.2. The molecule has 1 atom stereocenters. The van der Waals surface area contributed by atoms with Gasteiger partial charge in [-0.05, 0) is 52.0 Å². The van der Waals surface area contributed by atoms with Crippen LogP contribution in [0.4, 0.5) is 0 Å². The molecule has 184 valence electrons. The van der Waals surface area contributed by atoms with Gasteiger partial charge in [0.15, 0.2) is 0 Å². The molecule has 4 heterocycles. The second kappa shape index (κ2) is 7.51. The first-order chi connectivity index (χ1) is 16.3. The van der Waals surface area contributed by atoms with Gasteiger partial charge < -0.3 is 19.5 Å². The van der Waals surface area contributed by atoms with E-state index in [9.17, 15) is 19.8 Å². The number of esters is 1. The van der Waals surface area contributed by atoms with E-state index < -0.39 is 19.6 Å². The number of carbonyl (C=O) groups excluding carboxylic acids is 1. The highest BCUT2D eigenvalue weighted by atomic mass is 28.3. The predicted octanol–water partition coefficient (Wildman–Crippen LogP) is 3.89. The molecule has 2 aliphatic heterocycles. The van der Waals surface area contributed by atoms with Crippen molar-refractivity contribution in [3.8, 4) is 17.1 Å². The van der Waals surface area contributed by atoms with Crippen molar-refractivity contribution in [3.05, 3.63) is 51.3 Å². The van der Waals surface area contributed by atoms with Crippen LogP contribution in [-0.4, -0.2) is 33.8 Å². The van der Waals surface area contributed by atoms with E-state index in [2.05, 4.69) is 33.9 Å². The number of fused-ring (bicyclic) bond motifs is 5. The van der Waals surface area contributed by atoms with Crippen molar-refractivity contribution in [1.82, 2.24) is 9.55 Å². The standard InChI is InChI=1S/C27H32N2O5Si/c1-7-27(33)12-22(31)34-14-18-19(27)11-21-23-17(13-29(21)25(18)32)24(35(5,6)26(2,3)4)16-10-15(30)8-9-20(16)28-23/h8-11,30,33H,7,12-14H2,1-6H3. The minimum atomic E-state index is -2.15. The summed E-state index contributed by atoms with van der Waals surface area (Å²) in [6.45, 7) is 13.4. The Kier molecular flexibility index (Phi) is 5.10. The van der Waals surface area contributed by atoms with Crippen LogP contribution >= 0.6 is 0 Å². The lowest BCUT2D eigenvalue weighted by atomic mass is 9.85. The number of aromatic hydroxyl groups is 1. The Morgan fingerprint density at radius 3 is 2.54 bits per heavy atom. The number of ether oxygens (including phenoxy) is 1. The van der Waals surface area contributed by atoms with Gasteiger partial charge in [-0.15, -0.1) is 0 Å². The molecule has 0 radical (unpaired) electrons. The van der Waals surface area contributed by atoms with Crippen LogP contribution < -0.4 is 10.7 Å². The van der Waals surface area contributed by atoms with Gasteiger partial charge >= 0.3 is 5.97 Å². The van der Waals surface area contributed by atoms with Crippen molar-refractivity contribution in [1.29, 1.82) is 0 Å². The first kappa shape index (κ1) is 23.8. The van der Waals surface area contributed by atoms with Gasteiger partial charge in [-0.3, -0.25) is 9.59 Å². The number of nitrogens with zero attached hydrogens (tertiary/aromatic N) is 2. The van der Waals surface area contributed by atoms with E-state index in [-0.39, 0.29) is 35.8 Å². The molecule has 3 aromatic rings. The van der Waals surface area contributed by atoms with Crippen molar-refractivity contribution in [2.24, 2.45) is 0 Å². The third kappa shape index (κ3) is 3.37. The highest BCUT2D eigenvalue weighted by Crippen LogP contribution is 2.42. The molecule has 1 unspecified atom stereocenters. The Labute approximate surface area is 205 Å². The average molecular weight is 493 g/mol. The molecule has 2 N–H and O–H groups in total. The van der Waals surface area contributed by atoms with Crippen LogP contribution in [0.2, 0.25) is 18.1 Å². The SMILES string of the molecule is CCC1(O)CC(=O)OCc2c1cc1n(c2=O)Cc2c-1nc1ccc(O)cc1c2[Si](C)(C)C(C)(C)C. The van der Waals surface area contributed by atoms with E-state index in [0.29, 0.717) is 23.4 Å². The molecule has 0 saturated carbocycles. The van der Waals surface area contributed by atoms with Gasteiger partial charge in [0, 0.05) is 5.39 Å². The fourth-order valence-corrected chi connectivity index (χ4v) is 7.93. The molecule has 0 saturated heterocycles. The first-order valence-corrected chi connectivity index (χ1v) is 15.1. The van der Waals surface area contributed by atoms with Gasteiger partial charge in [0.25, 0.3) is 5.56 Å². The number of hydrogen-bond donors (Lipinski definition) is 2. The lowest BCUT2D eigenvalue weighted by molar-refractivity contribution is -0.149. The lowest BCUT2D eigenvalue weighted by Gasteiger charge is -2.39. The largest absolute Gasteiger partial charge is 0.508 e. The third-order valence-electron chi connectivity index (χ3n) is 8.43. The fourth-order valence-electron chi connectivity index (χ4n) is 5.35. The molecule has 2 aromatic heterocycles. The molecular weight excluding hydrogens is 460 g/mol. The van der Waals surface area contributed by atoms with Crippen LogP contribution in [0.3, 0.4) is 0 Å². The number of pyridine rings is 2. The maximum atomic E-state index is 13.7.